The summed E-state index contributed by atoms with van der Waals surface area (Å²) in [5.41, 5.74) is 0.713. The minimum Gasteiger partial charge on any atom is -0.323 e. The highest BCUT2D eigenvalue weighted by Gasteiger charge is 2.17. The van der Waals surface area contributed by atoms with Crippen LogP contribution in [0.1, 0.15) is 0 Å². The number of carbonyl (C=O) groups excluding carboxylic acids is 1. The predicted molar refractivity (Wildman–Crippen MR) is 112 cm³/mol. The minimum absolute atomic E-state index is 0.00127. The Bertz CT molecular complexity index is 1020. The fourth-order valence-electron chi connectivity index (χ4n) is 2.14. The Hall–Kier alpha value is -2.14. The molecule has 144 valence electrons. The lowest BCUT2D eigenvalue weighted by Gasteiger charge is -2.08. The van der Waals surface area contributed by atoms with Crippen molar-refractivity contribution in [3.05, 3.63) is 61.0 Å². The molecule has 0 atom stereocenters. The first-order valence-corrected chi connectivity index (χ1v) is 10.1. The van der Waals surface area contributed by atoms with Gasteiger partial charge in [0, 0.05) is 22.2 Å². The van der Waals surface area contributed by atoms with Gasteiger partial charge in [-0.15, -0.1) is 5.10 Å². The zero-order valence-corrected chi connectivity index (χ0v) is 17.7. The molecule has 0 bridgehead atoms. The summed E-state index contributed by atoms with van der Waals surface area (Å²) in [4.78, 5) is 26.7. The molecule has 0 saturated heterocycles. The van der Waals surface area contributed by atoms with Crippen molar-refractivity contribution < 1.29 is 9.72 Å². The maximum atomic E-state index is 12.2. The van der Waals surface area contributed by atoms with Crippen LogP contribution in [0, 0.1) is 10.1 Å². The summed E-state index contributed by atoms with van der Waals surface area (Å²) in [6.07, 6.45) is 0. The first kappa shape index (κ1) is 20.6. The number of amides is 1. The number of nitro groups is 1. The lowest BCUT2D eigenvalue weighted by Crippen LogP contribution is -2.15. The van der Waals surface area contributed by atoms with E-state index in [1.807, 2.05) is 24.3 Å². The largest absolute Gasteiger partial charge is 0.323 e. The molecule has 3 aromatic rings. The number of aromatic nitrogens is 3. The van der Waals surface area contributed by atoms with E-state index >= 15 is 0 Å². The number of thioether (sulfide) groups is 1. The Morgan fingerprint density at radius 3 is 2.50 bits per heavy atom. The van der Waals surface area contributed by atoms with Gasteiger partial charge in [-0.2, -0.15) is 0 Å². The van der Waals surface area contributed by atoms with Gasteiger partial charge in [0.25, 0.3) is 5.69 Å². The van der Waals surface area contributed by atoms with E-state index in [1.54, 1.807) is 0 Å². The number of nitrogens with one attached hydrogen (secondary N) is 2. The van der Waals surface area contributed by atoms with Crippen LogP contribution in [0.15, 0.2) is 46.0 Å². The van der Waals surface area contributed by atoms with E-state index in [4.69, 9.17) is 23.2 Å². The van der Waals surface area contributed by atoms with E-state index in [0.717, 1.165) is 33.9 Å². The Balaban J connectivity index is 1.62. The first-order chi connectivity index (χ1) is 13.3. The van der Waals surface area contributed by atoms with Crippen LogP contribution >= 0.6 is 50.9 Å². The monoisotopic (exact) mass is 501 g/mol. The molecular formula is C16H10BrCl2N5O3S. The van der Waals surface area contributed by atoms with Crippen LogP contribution in [-0.2, 0) is 4.79 Å². The van der Waals surface area contributed by atoms with Gasteiger partial charge < -0.3 is 5.32 Å². The van der Waals surface area contributed by atoms with Crippen molar-refractivity contribution >= 4 is 68.2 Å². The fraction of sp³-hybridized carbons (Fsp3) is 0.0625. The highest BCUT2D eigenvalue weighted by molar-refractivity contribution is 9.10. The lowest BCUT2D eigenvalue weighted by atomic mass is 10.2. The fourth-order valence-corrected chi connectivity index (χ4v) is 3.57. The first-order valence-electron chi connectivity index (χ1n) is 7.58. The van der Waals surface area contributed by atoms with Gasteiger partial charge in [-0.05, 0) is 12.1 Å². The summed E-state index contributed by atoms with van der Waals surface area (Å²) >= 11 is 16.4. The number of H-pyrrole nitrogens is 1. The summed E-state index contributed by atoms with van der Waals surface area (Å²) < 4.78 is 0.950. The van der Waals surface area contributed by atoms with Crippen LogP contribution < -0.4 is 5.32 Å². The molecule has 0 aliphatic carbocycles. The lowest BCUT2D eigenvalue weighted by molar-refractivity contribution is -0.384. The Morgan fingerprint density at radius 1 is 1.25 bits per heavy atom. The molecule has 1 heterocycles. The molecule has 0 unspecified atom stereocenters. The molecule has 3 rings (SSSR count). The number of aromatic amines is 1. The average molecular weight is 503 g/mol. The Kier molecular flexibility index (Phi) is 6.55. The van der Waals surface area contributed by atoms with Crippen molar-refractivity contribution in [2.75, 3.05) is 11.1 Å². The summed E-state index contributed by atoms with van der Waals surface area (Å²) in [7, 11) is 0. The molecule has 0 fully saturated rings. The van der Waals surface area contributed by atoms with Gasteiger partial charge in [-0.1, -0.05) is 63.0 Å². The Morgan fingerprint density at radius 2 is 1.89 bits per heavy atom. The predicted octanol–water partition coefficient (Wildman–Crippen LogP) is 5.18. The standard InChI is InChI=1S/C16H10BrCl2N5O3S/c17-9-3-1-8(2-4-9)15-21-16(23-22-15)28-7-13(25)20-14-11(18)5-10(24(26)27)6-12(14)19/h1-6H,7H2,(H,20,25)(H,21,22,23). The summed E-state index contributed by atoms with van der Waals surface area (Å²) in [5, 5.41) is 20.6. The minimum atomic E-state index is -0.620. The topological polar surface area (TPSA) is 114 Å². The quantitative estimate of drug-likeness (QED) is 0.272. The Labute approximate surface area is 181 Å². The van der Waals surface area contributed by atoms with Crippen LogP contribution in [-0.4, -0.2) is 31.8 Å². The van der Waals surface area contributed by atoms with Crippen LogP contribution in [0.25, 0.3) is 11.4 Å². The van der Waals surface area contributed by atoms with Crippen molar-refractivity contribution in [2.45, 2.75) is 5.16 Å². The number of benzene rings is 2. The summed E-state index contributed by atoms with van der Waals surface area (Å²) in [5.74, 6) is 0.177. The molecule has 2 N–H and O–H groups in total. The molecule has 1 amide bonds. The van der Waals surface area contributed by atoms with Gasteiger partial charge >= 0.3 is 0 Å². The third kappa shape index (κ3) is 5.02. The highest BCUT2D eigenvalue weighted by atomic mass is 79.9. The highest BCUT2D eigenvalue weighted by Crippen LogP contribution is 2.34. The number of halogens is 3. The van der Waals surface area contributed by atoms with Gasteiger partial charge in [-0.3, -0.25) is 20.0 Å². The molecule has 1 aromatic heterocycles. The number of nitrogens with zero attached hydrogens (tertiary/aromatic N) is 3. The van der Waals surface area contributed by atoms with Crippen molar-refractivity contribution in [3.8, 4) is 11.4 Å². The molecular weight excluding hydrogens is 493 g/mol. The summed E-state index contributed by atoms with van der Waals surface area (Å²) in [6, 6.07) is 9.77. The zero-order chi connectivity index (χ0) is 20.3. The smallest absolute Gasteiger partial charge is 0.272 e. The number of anilines is 1. The van der Waals surface area contributed by atoms with Crippen LogP contribution in [0.2, 0.25) is 10.0 Å². The number of hydrogen-bond donors (Lipinski definition) is 2. The number of non-ortho nitro benzene ring substituents is 1. The van der Waals surface area contributed by atoms with Crippen molar-refractivity contribution in [1.82, 2.24) is 15.2 Å². The zero-order valence-electron chi connectivity index (χ0n) is 13.8. The molecule has 0 spiro atoms. The SMILES string of the molecule is O=C(CSc1n[nH]c(-c2ccc(Br)cc2)n1)Nc1c(Cl)cc([N+](=O)[O-])cc1Cl. The number of rotatable bonds is 6. The maximum Gasteiger partial charge on any atom is 0.272 e. The molecule has 8 nitrogen and oxygen atoms in total. The van der Waals surface area contributed by atoms with Gasteiger partial charge in [0.1, 0.15) is 0 Å². The average Bonchev–Trinajstić information content (AvgIpc) is 3.12. The van der Waals surface area contributed by atoms with Crippen LogP contribution in [0.5, 0.6) is 0 Å². The second-order valence-electron chi connectivity index (χ2n) is 5.35. The van der Waals surface area contributed by atoms with Crippen LogP contribution in [0.4, 0.5) is 11.4 Å². The van der Waals surface area contributed by atoms with E-state index in [1.165, 1.54) is 0 Å². The van der Waals surface area contributed by atoms with Gasteiger partial charge in [0.15, 0.2) is 5.82 Å². The second kappa shape index (κ2) is 8.91. The van der Waals surface area contributed by atoms with Gasteiger partial charge in [0.05, 0.1) is 26.4 Å². The van der Waals surface area contributed by atoms with Crippen molar-refractivity contribution in [2.24, 2.45) is 0 Å². The van der Waals surface area contributed by atoms with E-state index in [2.05, 4.69) is 36.4 Å². The molecule has 2 aromatic carbocycles. The number of hydrogen-bond acceptors (Lipinski definition) is 6. The number of carbonyl (C=O) groups is 1. The molecule has 12 heteroatoms. The third-order valence-corrected chi connectivity index (χ3v) is 5.39. The molecule has 0 aliphatic heterocycles. The maximum absolute atomic E-state index is 12.2. The van der Waals surface area contributed by atoms with Gasteiger partial charge in [-0.25, -0.2) is 4.98 Å². The van der Waals surface area contributed by atoms with E-state index in [9.17, 15) is 14.9 Å². The van der Waals surface area contributed by atoms with E-state index in [0.29, 0.717) is 11.0 Å². The van der Waals surface area contributed by atoms with Crippen molar-refractivity contribution in [1.29, 1.82) is 0 Å². The molecule has 28 heavy (non-hydrogen) atoms. The molecule has 0 radical (unpaired) electrons. The molecule has 0 saturated carbocycles. The number of nitro benzene ring substituents is 1. The van der Waals surface area contributed by atoms with Gasteiger partial charge in [0.2, 0.25) is 11.1 Å². The summed E-state index contributed by atoms with van der Waals surface area (Å²) in [6.45, 7) is 0. The van der Waals surface area contributed by atoms with Crippen LogP contribution in [0.3, 0.4) is 0 Å². The second-order valence-corrected chi connectivity index (χ2v) is 8.02. The van der Waals surface area contributed by atoms with Crippen molar-refractivity contribution in [3.63, 3.8) is 0 Å². The van der Waals surface area contributed by atoms with E-state index < -0.39 is 10.8 Å². The molecule has 0 aliphatic rings. The normalized spacial score (nSPS) is 10.7. The van der Waals surface area contributed by atoms with E-state index in [-0.39, 0.29) is 27.2 Å². The third-order valence-electron chi connectivity index (χ3n) is 3.42.